The third kappa shape index (κ3) is 4.35. The van der Waals surface area contributed by atoms with Crippen LogP contribution in [0, 0.1) is 0 Å². The zero-order valence-electron chi connectivity index (χ0n) is 12.1. The van der Waals surface area contributed by atoms with Gasteiger partial charge in [0, 0.05) is 35.3 Å². The summed E-state index contributed by atoms with van der Waals surface area (Å²) in [7, 11) is -1.55. The molecule has 1 saturated heterocycles. The molecular weight excluding hydrogens is 349 g/mol. The van der Waals surface area contributed by atoms with Crippen molar-refractivity contribution in [3.05, 3.63) is 33.8 Å². The molecule has 1 atom stereocenters. The number of carbonyl (C=O) groups is 1. The Morgan fingerprint density at radius 2 is 1.95 bits per heavy atom. The molecule has 1 aromatic carbocycles. The maximum atomic E-state index is 12.7. The van der Waals surface area contributed by atoms with Crippen LogP contribution >= 0.6 is 23.2 Å². The molecule has 2 rings (SSSR count). The maximum absolute atomic E-state index is 12.7. The zero-order chi connectivity index (χ0) is 16.3. The molecule has 1 aromatic rings. The van der Waals surface area contributed by atoms with Crippen molar-refractivity contribution in [3.8, 4) is 0 Å². The van der Waals surface area contributed by atoms with Crippen molar-refractivity contribution in [3.63, 3.8) is 0 Å². The molecule has 1 fully saturated rings. The SMILES string of the molecule is COCCN(C(=O)c1cc(Cl)cc(Cl)c1)C1CCS(=O)(=O)C1. The number of methoxy groups -OCH3 is 1. The Hall–Kier alpha value is -0.820. The fourth-order valence-electron chi connectivity index (χ4n) is 2.50. The number of carbonyl (C=O) groups excluding carboxylic acids is 1. The number of hydrogen-bond acceptors (Lipinski definition) is 4. The fraction of sp³-hybridized carbons (Fsp3) is 0.500. The number of halogens is 2. The molecule has 0 radical (unpaired) electrons. The first-order valence-electron chi connectivity index (χ1n) is 6.79. The molecule has 0 bridgehead atoms. The van der Waals surface area contributed by atoms with Gasteiger partial charge in [-0.05, 0) is 24.6 Å². The van der Waals surface area contributed by atoms with Crippen LogP contribution in [0.25, 0.3) is 0 Å². The van der Waals surface area contributed by atoms with Crippen LogP contribution in [0.4, 0.5) is 0 Å². The van der Waals surface area contributed by atoms with Gasteiger partial charge in [0.05, 0.1) is 18.1 Å². The number of benzene rings is 1. The minimum absolute atomic E-state index is 0.0171. The van der Waals surface area contributed by atoms with Gasteiger partial charge < -0.3 is 9.64 Å². The van der Waals surface area contributed by atoms with Gasteiger partial charge in [-0.1, -0.05) is 23.2 Å². The van der Waals surface area contributed by atoms with E-state index < -0.39 is 9.84 Å². The van der Waals surface area contributed by atoms with E-state index in [4.69, 9.17) is 27.9 Å². The summed E-state index contributed by atoms with van der Waals surface area (Å²) in [6.07, 6.45) is 0.437. The number of nitrogens with zero attached hydrogens (tertiary/aromatic N) is 1. The predicted octanol–water partition coefficient (Wildman–Crippen LogP) is 2.27. The van der Waals surface area contributed by atoms with Crippen LogP contribution in [0.5, 0.6) is 0 Å². The molecule has 8 heteroatoms. The normalized spacial score (nSPS) is 20.0. The van der Waals surface area contributed by atoms with Crippen molar-refractivity contribution in [2.45, 2.75) is 12.5 Å². The van der Waals surface area contributed by atoms with E-state index in [-0.39, 0.29) is 23.5 Å². The molecule has 1 heterocycles. The van der Waals surface area contributed by atoms with Gasteiger partial charge in [0.15, 0.2) is 9.84 Å². The second-order valence-electron chi connectivity index (χ2n) is 5.21. The van der Waals surface area contributed by atoms with E-state index in [2.05, 4.69) is 0 Å². The number of amides is 1. The Kier molecular flexibility index (Phi) is 5.71. The van der Waals surface area contributed by atoms with Crippen molar-refractivity contribution in [1.29, 1.82) is 0 Å². The van der Waals surface area contributed by atoms with Gasteiger partial charge >= 0.3 is 0 Å². The van der Waals surface area contributed by atoms with E-state index in [0.29, 0.717) is 35.2 Å². The van der Waals surface area contributed by atoms with Crippen molar-refractivity contribution < 1.29 is 17.9 Å². The molecule has 0 aromatic heterocycles. The average Bonchev–Trinajstić information content (AvgIpc) is 2.78. The molecular formula is C14H17Cl2NO4S. The zero-order valence-corrected chi connectivity index (χ0v) is 14.4. The van der Waals surface area contributed by atoms with Gasteiger partial charge in [-0.3, -0.25) is 4.79 Å². The van der Waals surface area contributed by atoms with E-state index >= 15 is 0 Å². The van der Waals surface area contributed by atoms with Crippen LogP contribution in [-0.2, 0) is 14.6 Å². The lowest BCUT2D eigenvalue weighted by atomic mass is 10.1. The summed E-state index contributed by atoms with van der Waals surface area (Å²) in [5.74, 6) is -0.204. The molecule has 0 spiro atoms. The summed E-state index contributed by atoms with van der Waals surface area (Å²) in [5, 5.41) is 0.725. The Balaban J connectivity index is 2.26. The molecule has 1 aliphatic rings. The van der Waals surface area contributed by atoms with Gasteiger partial charge in [-0.25, -0.2) is 8.42 Å². The highest BCUT2D eigenvalue weighted by molar-refractivity contribution is 7.91. The van der Waals surface area contributed by atoms with Crippen LogP contribution in [0.3, 0.4) is 0 Å². The Bertz CT molecular complexity index is 643. The molecule has 122 valence electrons. The lowest BCUT2D eigenvalue weighted by molar-refractivity contribution is 0.0624. The predicted molar refractivity (Wildman–Crippen MR) is 86.4 cm³/mol. The largest absolute Gasteiger partial charge is 0.383 e. The smallest absolute Gasteiger partial charge is 0.254 e. The topological polar surface area (TPSA) is 63.7 Å². The second kappa shape index (κ2) is 7.17. The van der Waals surface area contributed by atoms with Gasteiger partial charge in [0.1, 0.15) is 0 Å². The lowest BCUT2D eigenvalue weighted by Gasteiger charge is -2.28. The summed E-state index contributed by atoms with van der Waals surface area (Å²) in [6, 6.07) is 4.25. The van der Waals surface area contributed by atoms with E-state index in [0.717, 1.165) is 0 Å². The number of rotatable bonds is 5. The van der Waals surface area contributed by atoms with E-state index in [9.17, 15) is 13.2 Å². The van der Waals surface area contributed by atoms with Gasteiger partial charge in [0.25, 0.3) is 5.91 Å². The van der Waals surface area contributed by atoms with Crippen LogP contribution in [-0.4, -0.2) is 57.0 Å². The minimum Gasteiger partial charge on any atom is -0.383 e. The fourth-order valence-corrected chi connectivity index (χ4v) is 4.76. The van der Waals surface area contributed by atoms with Crippen molar-refractivity contribution in [1.82, 2.24) is 4.90 Å². The average molecular weight is 366 g/mol. The van der Waals surface area contributed by atoms with Gasteiger partial charge in [-0.15, -0.1) is 0 Å². The Morgan fingerprint density at radius 1 is 1.32 bits per heavy atom. The van der Waals surface area contributed by atoms with Crippen LogP contribution in [0.1, 0.15) is 16.8 Å². The lowest BCUT2D eigenvalue weighted by Crippen LogP contribution is -2.43. The van der Waals surface area contributed by atoms with Crippen molar-refractivity contribution in [2.75, 3.05) is 31.8 Å². The van der Waals surface area contributed by atoms with Crippen LogP contribution < -0.4 is 0 Å². The number of hydrogen-bond donors (Lipinski definition) is 0. The van der Waals surface area contributed by atoms with Gasteiger partial charge in [-0.2, -0.15) is 0 Å². The molecule has 1 unspecified atom stereocenters. The maximum Gasteiger partial charge on any atom is 0.254 e. The molecule has 22 heavy (non-hydrogen) atoms. The standard InChI is InChI=1S/C14H17Cl2NO4S/c1-21-4-3-17(13-2-5-22(19,20)9-13)14(18)10-6-11(15)8-12(16)7-10/h6-8,13H,2-5,9H2,1H3. The summed E-state index contributed by atoms with van der Waals surface area (Å²) in [6.45, 7) is 0.649. The van der Waals surface area contributed by atoms with Crippen molar-refractivity contribution >= 4 is 38.9 Å². The van der Waals surface area contributed by atoms with Crippen molar-refractivity contribution in [2.24, 2.45) is 0 Å². The first kappa shape index (κ1) is 17.5. The third-order valence-electron chi connectivity index (χ3n) is 3.56. The summed E-state index contributed by atoms with van der Waals surface area (Å²) < 4.78 is 28.4. The second-order valence-corrected chi connectivity index (χ2v) is 8.31. The van der Waals surface area contributed by atoms with Crippen LogP contribution in [0.2, 0.25) is 10.0 Å². The monoisotopic (exact) mass is 365 g/mol. The van der Waals surface area contributed by atoms with Crippen LogP contribution in [0.15, 0.2) is 18.2 Å². The number of ether oxygens (including phenoxy) is 1. The third-order valence-corrected chi connectivity index (χ3v) is 5.74. The van der Waals surface area contributed by atoms with E-state index in [1.54, 1.807) is 6.07 Å². The Morgan fingerprint density at radius 3 is 2.45 bits per heavy atom. The molecule has 1 amide bonds. The first-order valence-corrected chi connectivity index (χ1v) is 9.36. The summed E-state index contributed by atoms with van der Waals surface area (Å²) >= 11 is 11.9. The number of sulfone groups is 1. The Labute approximate surface area is 140 Å². The molecule has 0 N–H and O–H groups in total. The molecule has 0 saturated carbocycles. The summed E-state index contributed by atoms with van der Waals surface area (Å²) in [5.41, 5.74) is 0.345. The molecule has 0 aliphatic carbocycles. The molecule has 5 nitrogen and oxygen atoms in total. The highest BCUT2D eigenvalue weighted by Gasteiger charge is 2.34. The highest BCUT2D eigenvalue weighted by Crippen LogP contribution is 2.23. The molecule has 1 aliphatic heterocycles. The van der Waals surface area contributed by atoms with E-state index in [1.165, 1.54) is 24.1 Å². The first-order chi connectivity index (χ1) is 10.3. The highest BCUT2D eigenvalue weighted by atomic mass is 35.5. The quantitative estimate of drug-likeness (QED) is 0.802. The van der Waals surface area contributed by atoms with Gasteiger partial charge in [0.2, 0.25) is 0 Å². The minimum atomic E-state index is -3.08. The van der Waals surface area contributed by atoms with E-state index in [1.807, 2.05) is 0 Å². The summed E-state index contributed by atoms with van der Waals surface area (Å²) in [4.78, 5) is 14.2.